The van der Waals surface area contributed by atoms with E-state index in [0.717, 1.165) is 25.7 Å². The molecular formula is C14H32O4Si. The van der Waals surface area contributed by atoms with Crippen molar-refractivity contribution in [2.24, 2.45) is 0 Å². The summed E-state index contributed by atoms with van der Waals surface area (Å²) >= 11 is 0. The van der Waals surface area contributed by atoms with Gasteiger partial charge in [0.05, 0.1) is 0 Å². The minimum absolute atomic E-state index is 0.0358. The van der Waals surface area contributed by atoms with E-state index < -0.39 is 9.05 Å². The molecule has 0 aromatic heterocycles. The molecule has 0 aliphatic heterocycles. The van der Waals surface area contributed by atoms with E-state index in [1.807, 2.05) is 27.7 Å². The Morgan fingerprint density at radius 2 is 1.11 bits per heavy atom. The summed E-state index contributed by atoms with van der Waals surface area (Å²) in [7, 11) is -3.00. The number of unbranched alkanes of at least 4 members (excludes halogenated alkanes) is 2. The monoisotopic (exact) mass is 292 g/mol. The van der Waals surface area contributed by atoms with Crippen LogP contribution in [0, 0.1) is 0 Å². The summed E-state index contributed by atoms with van der Waals surface area (Å²) in [6.45, 7) is 13.5. The van der Waals surface area contributed by atoms with Crippen LogP contribution in [0.2, 0.25) is 0 Å². The average Bonchev–Trinajstić information content (AvgIpc) is 2.27. The summed E-state index contributed by atoms with van der Waals surface area (Å²) < 4.78 is 23.6. The molecule has 0 aliphatic rings. The van der Waals surface area contributed by atoms with E-state index >= 15 is 0 Å². The van der Waals surface area contributed by atoms with Crippen LogP contribution in [0.4, 0.5) is 0 Å². The third-order valence-corrected chi connectivity index (χ3v) is 4.95. The van der Waals surface area contributed by atoms with E-state index in [1.165, 1.54) is 0 Å². The highest BCUT2D eigenvalue weighted by Crippen LogP contribution is 2.18. The van der Waals surface area contributed by atoms with E-state index in [2.05, 4.69) is 13.8 Å². The number of hydrogen-bond acceptors (Lipinski definition) is 4. The Bertz CT molecular complexity index is 188. The first-order chi connectivity index (χ1) is 8.95. The van der Waals surface area contributed by atoms with E-state index in [0.29, 0.717) is 13.2 Å². The van der Waals surface area contributed by atoms with Gasteiger partial charge in [-0.1, -0.05) is 26.7 Å². The summed E-state index contributed by atoms with van der Waals surface area (Å²) in [5.41, 5.74) is 0. The van der Waals surface area contributed by atoms with Crippen molar-refractivity contribution in [3.05, 3.63) is 0 Å². The first-order valence-electron chi connectivity index (χ1n) is 7.59. The maximum absolute atomic E-state index is 5.91. The van der Waals surface area contributed by atoms with Crippen LogP contribution in [-0.2, 0) is 17.7 Å². The van der Waals surface area contributed by atoms with Crippen LogP contribution in [0.3, 0.4) is 0 Å². The third-order valence-electron chi connectivity index (χ3n) is 2.31. The van der Waals surface area contributed by atoms with Gasteiger partial charge < -0.3 is 17.7 Å². The molecule has 116 valence electrons. The molecule has 0 atom stereocenters. The lowest BCUT2D eigenvalue weighted by Gasteiger charge is -2.31. The average molecular weight is 292 g/mol. The van der Waals surface area contributed by atoms with E-state index in [1.54, 1.807) is 0 Å². The second-order valence-corrected chi connectivity index (χ2v) is 7.29. The van der Waals surface area contributed by atoms with Gasteiger partial charge in [0.15, 0.2) is 0 Å². The molecule has 0 N–H and O–H groups in total. The molecule has 0 saturated carbocycles. The van der Waals surface area contributed by atoms with Gasteiger partial charge in [0.2, 0.25) is 0 Å². The molecule has 4 nitrogen and oxygen atoms in total. The quantitative estimate of drug-likeness (QED) is 0.404. The predicted molar refractivity (Wildman–Crippen MR) is 79.9 cm³/mol. The first-order valence-corrected chi connectivity index (χ1v) is 9.22. The van der Waals surface area contributed by atoms with Gasteiger partial charge in [0.1, 0.15) is 0 Å². The molecule has 0 aromatic rings. The highest BCUT2D eigenvalue weighted by molar-refractivity contribution is 6.53. The molecule has 0 aromatic carbocycles. The second-order valence-electron chi connectivity index (χ2n) is 5.24. The third kappa shape index (κ3) is 9.57. The zero-order valence-electron chi connectivity index (χ0n) is 13.5. The minimum atomic E-state index is -3.00. The van der Waals surface area contributed by atoms with Crippen LogP contribution in [0.15, 0.2) is 0 Å². The molecule has 0 amide bonds. The highest BCUT2D eigenvalue weighted by atomic mass is 28.4. The molecule has 0 bridgehead atoms. The Labute approximate surface area is 120 Å². The molecule has 0 aliphatic carbocycles. The minimum Gasteiger partial charge on any atom is -0.351 e. The Kier molecular flexibility index (Phi) is 10.8. The molecule has 0 heterocycles. The summed E-state index contributed by atoms with van der Waals surface area (Å²) in [6.07, 6.45) is 4.23. The lowest BCUT2D eigenvalue weighted by molar-refractivity contribution is -0.0632. The van der Waals surface area contributed by atoms with Crippen LogP contribution in [-0.4, -0.2) is 34.5 Å². The molecule has 5 heteroatoms. The fraction of sp³-hybridized carbons (Fsp3) is 1.00. The fourth-order valence-electron chi connectivity index (χ4n) is 1.47. The van der Waals surface area contributed by atoms with Crippen molar-refractivity contribution >= 4 is 9.05 Å². The molecular weight excluding hydrogens is 260 g/mol. The Balaban J connectivity index is 4.63. The molecule has 0 saturated heterocycles. The predicted octanol–water partition coefficient (Wildman–Crippen LogP) is 3.91. The van der Waals surface area contributed by atoms with Gasteiger partial charge in [-0.25, -0.2) is 0 Å². The van der Waals surface area contributed by atoms with Crippen molar-refractivity contribution < 1.29 is 17.7 Å². The van der Waals surface area contributed by atoms with Gasteiger partial charge in [-0.05, 0) is 40.5 Å². The van der Waals surface area contributed by atoms with Crippen LogP contribution < -0.4 is 0 Å². The van der Waals surface area contributed by atoms with Crippen molar-refractivity contribution in [1.82, 2.24) is 0 Å². The van der Waals surface area contributed by atoms with Crippen molar-refractivity contribution in [3.8, 4) is 0 Å². The van der Waals surface area contributed by atoms with Gasteiger partial charge >= 0.3 is 9.05 Å². The number of hydrogen-bond donors (Lipinski definition) is 0. The van der Waals surface area contributed by atoms with Crippen molar-refractivity contribution in [3.63, 3.8) is 0 Å². The molecule has 19 heavy (non-hydrogen) atoms. The zero-order chi connectivity index (χ0) is 14.7. The van der Waals surface area contributed by atoms with Crippen LogP contribution in [0.5, 0.6) is 0 Å². The number of rotatable bonds is 12. The van der Waals surface area contributed by atoms with Crippen molar-refractivity contribution in [2.45, 2.75) is 79.4 Å². The lowest BCUT2D eigenvalue weighted by Crippen LogP contribution is -2.52. The normalized spacial score (nSPS) is 12.6. The van der Waals surface area contributed by atoms with E-state index in [9.17, 15) is 0 Å². The Morgan fingerprint density at radius 3 is 1.37 bits per heavy atom. The highest BCUT2D eigenvalue weighted by Gasteiger charge is 2.47. The van der Waals surface area contributed by atoms with Gasteiger partial charge in [-0.15, -0.1) is 0 Å². The van der Waals surface area contributed by atoms with Crippen molar-refractivity contribution in [1.29, 1.82) is 0 Å². The van der Waals surface area contributed by atoms with Gasteiger partial charge in [-0.3, -0.25) is 0 Å². The molecule has 0 fully saturated rings. The lowest BCUT2D eigenvalue weighted by atomic mass is 10.4. The molecule has 0 spiro atoms. The van der Waals surface area contributed by atoms with Crippen LogP contribution >= 0.6 is 0 Å². The van der Waals surface area contributed by atoms with Crippen LogP contribution in [0.25, 0.3) is 0 Å². The molecule has 0 radical (unpaired) electrons. The van der Waals surface area contributed by atoms with Gasteiger partial charge in [-0.2, -0.15) is 0 Å². The fourth-order valence-corrected chi connectivity index (χ4v) is 3.82. The Morgan fingerprint density at radius 1 is 0.737 bits per heavy atom. The van der Waals surface area contributed by atoms with Crippen molar-refractivity contribution in [2.75, 3.05) is 13.2 Å². The standard InChI is InChI=1S/C14H32O4Si/c1-7-9-11-15-19(17-13(3)4,18-14(5)6)16-12-10-8-2/h13-14H,7-12H2,1-6H3. The smallest absolute Gasteiger partial charge is 0.351 e. The topological polar surface area (TPSA) is 36.9 Å². The van der Waals surface area contributed by atoms with Gasteiger partial charge in [0, 0.05) is 25.4 Å². The summed E-state index contributed by atoms with van der Waals surface area (Å²) in [6, 6.07) is 0. The van der Waals surface area contributed by atoms with Gasteiger partial charge in [0.25, 0.3) is 0 Å². The SMILES string of the molecule is CCCCO[Si](OCCCC)(OC(C)C)OC(C)C. The van der Waals surface area contributed by atoms with Crippen LogP contribution in [0.1, 0.15) is 67.2 Å². The largest absolute Gasteiger partial charge is 0.680 e. The summed E-state index contributed by atoms with van der Waals surface area (Å²) in [4.78, 5) is 0. The second kappa shape index (κ2) is 10.8. The maximum atomic E-state index is 5.91. The molecule has 0 unspecified atom stereocenters. The van der Waals surface area contributed by atoms with E-state index in [4.69, 9.17) is 17.7 Å². The Hall–Kier alpha value is 0.0569. The summed E-state index contributed by atoms with van der Waals surface area (Å²) in [5.74, 6) is 0. The maximum Gasteiger partial charge on any atom is 0.680 e. The zero-order valence-corrected chi connectivity index (χ0v) is 14.5. The molecule has 0 rings (SSSR count). The van der Waals surface area contributed by atoms with E-state index in [-0.39, 0.29) is 12.2 Å². The summed E-state index contributed by atoms with van der Waals surface area (Å²) in [5, 5.41) is 0. The first kappa shape index (κ1) is 19.1.